The summed E-state index contributed by atoms with van der Waals surface area (Å²) in [6, 6.07) is 1.96. The zero-order valence-electron chi connectivity index (χ0n) is 11.0. The molecule has 1 aliphatic carbocycles. The van der Waals surface area contributed by atoms with E-state index in [-0.39, 0.29) is 10.0 Å². The van der Waals surface area contributed by atoms with E-state index in [0.29, 0.717) is 5.92 Å². The smallest absolute Gasteiger partial charge is 0.137 e. The first-order valence-electron chi connectivity index (χ1n) is 6.98. The Balaban J connectivity index is 1.95. The number of hydrogen-bond donors (Lipinski definition) is 1. The van der Waals surface area contributed by atoms with E-state index in [2.05, 4.69) is 15.9 Å². The average molecular weight is 332 g/mol. The summed E-state index contributed by atoms with van der Waals surface area (Å²) < 4.78 is 27.4. The summed E-state index contributed by atoms with van der Waals surface area (Å²) in [6.07, 6.45) is 8.16. The van der Waals surface area contributed by atoms with E-state index in [0.717, 1.165) is 18.9 Å². The second kappa shape index (κ2) is 6.80. The van der Waals surface area contributed by atoms with Gasteiger partial charge in [-0.15, -0.1) is 0 Å². The molecule has 0 bridgehead atoms. The van der Waals surface area contributed by atoms with Gasteiger partial charge in [0.25, 0.3) is 0 Å². The molecule has 1 aliphatic rings. The molecule has 0 amide bonds. The normalized spacial score (nSPS) is 18.5. The molecular weight excluding hydrogens is 312 g/mol. The van der Waals surface area contributed by atoms with Gasteiger partial charge in [0.1, 0.15) is 11.6 Å². The standard InChI is InChI=1S/C15H20BrF2N/c16-12-9-13(17)11(8-14(12)18)15(19)7-6-10-4-2-1-3-5-10/h8-10,15H,1-7,19H2. The maximum atomic E-state index is 13.8. The van der Waals surface area contributed by atoms with Crippen LogP contribution in [0.5, 0.6) is 0 Å². The van der Waals surface area contributed by atoms with Gasteiger partial charge in [0.15, 0.2) is 0 Å². The number of halogens is 3. The fraction of sp³-hybridized carbons (Fsp3) is 0.600. The molecule has 106 valence electrons. The quantitative estimate of drug-likeness (QED) is 0.764. The van der Waals surface area contributed by atoms with Crippen LogP contribution in [0.25, 0.3) is 0 Å². The molecule has 2 rings (SSSR count). The molecular formula is C15H20BrF2N. The maximum absolute atomic E-state index is 13.8. The Kier molecular flexibility index (Phi) is 5.34. The molecule has 1 fully saturated rings. The van der Waals surface area contributed by atoms with Crippen LogP contribution in [0.1, 0.15) is 56.6 Å². The SMILES string of the molecule is NC(CCC1CCCCC1)c1cc(F)c(Br)cc1F. The zero-order chi connectivity index (χ0) is 13.8. The Bertz CT molecular complexity index is 430. The van der Waals surface area contributed by atoms with Gasteiger partial charge in [-0.1, -0.05) is 32.1 Å². The summed E-state index contributed by atoms with van der Waals surface area (Å²) >= 11 is 2.98. The third kappa shape index (κ3) is 3.99. The van der Waals surface area contributed by atoms with Gasteiger partial charge in [-0.05, 0) is 46.8 Å². The van der Waals surface area contributed by atoms with E-state index in [1.54, 1.807) is 0 Å². The van der Waals surface area contributed by atoms with Gasteiger partial charge in [0.05, 0.1) is 4.47 Å². The Labute approximate surface area is 121 Å². The van der Waals surface area contributed by atoms with E-state index in [1.807, 2.05) is 0 Å². The zero-order valence-corrected chi connectivity index (χ0v) is 12.6. The summed E-state index contributed by atoms with van der Waals surface area (Å²) in [7, 11) is 0. The average Bonchev–Trinajstić information content (AvgIpc) is 2.41. The second-order valence-electron chi connectivity index (χ2n) is 5.48. The largest absolute Gasteiger partial charge is 0.324 e. The molecule has 1 atom stereocenters. The molecule has 2 N–H and O–H groups in total. The lowest BCUT2D eigenvalue weighted by atomic mass is 9.84. The minimum Gasteiger partial charge on any atom is -0.324 e. The van der Waals surface area contributed by atoms with Crippen molar-refractivity contribution in [2.24, 2.45) is 11.7 Å². The van der Waals surface area contributed by atoms with Gasteiger partial charge in [0, 0.05) is 11.6 Å². The first kappa shape index (κ1) is 14.9. The minimum atomic E-state index is -0.454. The predicted molar refractivity (Wildman–Crippen MR) is 76.8 cm³/mol. The molecule has 0 radical (unpaired) electrons. The highest BCUT2D eigenvalue weighted by atomic mass is 79.9. The van der Waals surface area contributed by atoms with Crippen molar-refractivity contribution in [2.75, 3.05) is 0 Å². The van der Waals surface area contributed by atoms with Crippen LogP contribution in [0.4, 0.5) is 8.78 Å². The second-order valence-corrected chi connectivity index (χ2v) is 6.33. The minimum absolute atomic E-state index is 0.147. The van der Waals surface area contributed by atoms with E-state index in [9.17, 15) is 8.78 Å². The molecule has 19 heavy (non-hydrogen) atoms. The summed E-state index contributed by atoms with van der Waals surface area (Å²) in [6.45, 7) is 0. The van der Waals surface area contributed by atoms with Crippen molar-refractivity contribution in [3.05, 3.63) is 33.8 Å². The Morgan fingerprint density at radius 1 is 1.16 bits per heavy atom. The van der Waals surface area contributed by atoms with Gasteiger partial charge in [-0.25, -0.2) is 8.78 Å². The van der Waals surface area contributed by atoms with Crippen LogP contribution >= 0.6 is 15.9 Å². The van der Waals surface area contributed by atoms with Crippen molar-refractivity contribution >= 4 is 15.9 Å². The summed E-state index contributed by atoms with van der Waals surface area (Å²) in [4.78, 5) is 0. The van der Waals surface area contributed by atoms with E-state index in [4.69, 9.17) is 5.73 Å². The van der Waals surface area contributed by atoms with Crippen LogP contribution in [-0.2, 0) is 0 Å². The molecule has 0 saturated heterocycles. The van der Waals surface area contributed by atoms with Crippen molar-refractivity contribution in [3.8, 4) is 0 Å². The fourth-order valence-corrected chi connectivity index (χ4v) is 3.18. The Morgan fingerprint density at radius 2 is 1.84 bits per heavy atom. The molecule has 1 nitrogen and oxygen atoms in total. The van der Waals surface area contributed by atoms with E-state index < -0.39 is 17.7 Å². The number of nitrogens with two attached hydrogens (primary N) is 1. The number of hydrogen-bond acceptors (Lipinski definition) is 1. The topological polar surface area (TPSA) is 26.0 Å². The highest BCUT2D eigenvalue weighted by Gasteiger charge is 2.18. The molecule has 1 aromatic rings. The molecule has 0 aliphatic heterocycles. The van der Waals surface area contributed by atoms with Crippen molar-refractivity contribution in [3.63, 3.8) is 0 Å². The number of rotatable bonds is 4. The van der Waals surface area contributed by atoms with Gasteiger partial charge in [-0.2, -0.15) is 0 Å². The summed E-state index contributed by atoms with van der Waals surface area (Å²) in [5.41, 5.74) is 6.30. The monoisotopic (exact) mass is 331 g/mol. The van der Waals surface area contributed by atoms with Crippen LogP contribution < -0.4 is 5.73 Å². The molecule has 1 saturated carbocycles. The number of benzene rings is 1. The maximum Gasteiger partial charge on any atom is 0.137 e. The third-order valence-corrected chi connectivity index (χ3v) is 4.66. The first-order valence-corrected chi connectivity index (χ1v) is 7.77. The molecule has 0 aromatic heterocycles. The third-order valence-electron chi connectivity index (χ3n) is 4.05. The summed E-state index contributed by atoms with van der Waals surface area (Å²) in [5, 5.41) is 0. The van der Waals surface area contributed by atoms with Crippen LogP contribution in [-0.4, -0.2) is 0 Å². The van der Waals surface area contributed by atoms with Crippen LogP contribution in [0, 0.1) is 17.6 Å². The lowest BCUT2D eigenvalue weighted by Gasteiger charge is -2.23. The molecule has 1 unspecified atom stereocenters. The van der Waals surface area contributed by atoms with Gasteiger partial charge in [0.2, 0.25) is 0 Å². The van der Waals surface area contributed by atoms with Crippen molar-refractivity contribution < 1.29 is 8.78 Å². The molecule has 0 spiro atoms. The van der Waals surface area contributed by atoms with E-state index >= 15 is 0 Å². The molecule has 1 aromatic carbocycles. The first-order chi connectivity index (χ1) is 9.08. The Hall–Kier alpha value is -0.480. The fourth-order valence-electron chi connectivity index (χ4n) is 2.87. The molecule has 0 heterocycles. The Morgan fingerprint density at radius 3 is 2.53 bits per heavy atom. The van der Waals surface area contributed by atoms with Crippen molar-refractivity contribution in [1.29, 1.82) is 0 Å². The van der Waals surface area contributed by atoms with Gasteiger partial charge >= 0.3 is 0 Å². The van der Waals surface area contributed by atoms with Crippen molar-refractivity contribution in [1.82, 2.24) is 0 Å². The van der Waals surface area contributed by atoms with E-state index in [1.165, 1.54) is 38.2 Å². The van der Waals surface area contributed by atoms with Crippen molar-refractivity contribution in [2.45, 2.75) is 51.0 Å². The summed E-state index contributed by atoms with van der Waals surface area (Å²) in [5.74, 6) is -0.169. The highest BCUT2D eigenvalue weighted by molar-refractivity contribution is 9.10. The van der Waals surface area contributed by atoms with Crippen LogP contribution in [0.3, 0.4) is 0 Å². The highest BCUT2D eigenvalue weighted by Crippen LogP contribution is 2.31. The van der Waals surface area contributed by atoms with Gasteiger partial charge in [-0.3, -0.25) is 0 Å². The lowest BCUT2D eigenvalue weighted by molar-refractivity contribution is 0.323. The lowest BCUT2D eigenvalue weighted by Crippen LogP contribution is -2.15. The molecule has 4 heteroatoms. The predicted octanol–water partition coefficient (Wildman–Crippen LogP) is 5.09. The van der Waals surface area contributed by atoms with Gasteiger partial charge < -0.3 is 5.73 Å². The van der Waals surface area contributed by atoms with Crippen LogP contribution in [0.15, 0.2) is 16.6 Å². The van der Waals surface area contributed by atoms with Crippen LogP contribution in [0.2, 0.25) is 0 Å².